The second-order valence-electron chi connectivity index (χ2n) is 8.48. The molecule has 9 heteroatoms. The highest BCUT2D eigenvalue weighted by molar-refractivity contribution is 7.89. The van der Waals surface area contributed by atoms with Crippen molar-refractivity contribution in [3.63, 3.8) is 0 Å². The number of carbonyl (C=O) groups is 1. The van der Waals surface area contributed by atoms with Crippen LogP contribution in [0.15, 0.2) is 59.5 Å². The van der Waals surface area contributed by atoms with Gasteiger partial charge < -0.3 is 10.1 Å². The molecule has 0 saturated carbocycles. The van der Waals surface area contributed by atoms with E-state index in [0.717, 1.165) is 39.1 Å². The molecule has 1 N–H and O–H groups in total. The molecular weight excluding hydrogens is 440 g/mol. The highest BCUT2D eigenvalue weighted by Gasteiger charge is 2.26. The van der Waals surface area contributed by atoms with Crippen LogP contribution in [0, 0.1) is 0 Å². The first-order valence-electron chi connectivity index (χ1n) is 11.5. The van der Waals surface area contributed by atoms with Crippen molar-refractivity contribution < 1.29 is 17.9 Å². The van der Waals surface area contributed by atoms with E-state index in [1.165, 1.54) is 9.87 Å². The maximum atomic E-state index is 12.7. The molecule has 1 amide bonds. The largest absolute Gasteiger partial charge is 0.379 e. The van der Waals surface area contributed by atoms with E-state index >= 15 is 0 Å². The van der Waals surface area contributed by atoms with Crippen LogP contribution in [0.5, 0.6) is 0 Å². The minimum atomic E-state index is -3.53. The second-order valence-corrected chi connectivity index (χ2v) is 10.4. The molecule has 0 aliphatic carbocycles. The molecule has 0 radical (unpaired) electrons. The van der Waals surface area contributed by atoms with E-state index in [-0.39, 0.29) is 10.8 Å². The number of benzene rings is 2. The molecule has 0 unspecified atom stereocenters. The molecule has 33 heavy (non-hydrogen) atoms. The number of rotatable bonds is 7. The molecule has 8 nitrogen and oxygen atoms in total. The summed E-state index contributed by atoms with van der Waals surface area (Å²) in [6, 6.07) is 16.8. The molecule has 2 aliphatic rings. The lowest BCUT2D eigenvalue weighted by Crippen LogP contribution is -2.40. The number of ether oxygens (including phenoxy) is 1. The third-order valence-corrected chi connectivity index (χ3v) is 7.96. The first-order valence-corrected chi connectivity index (χ1v) is 12.9. The zero-order valence-corrected chi connectivity index (χ0v) is 19.7. The summed E-state index contributed by atoms with van der Waals surface area (Å²) in [5.41, 5.74) is 1.91. The Morgan fingerprint density at radius 2 is 1.52 bits per heavy atom. The molecule has 2 fully saturated rings. The van der Waals surface area contributed by atoms with Gasteiger partial charge >= 0.3 is 0 Å². The van der Waals surface area contributed by atoms with Crippen molar-refractivity contribution in [1.29, 1.82) is 0 Å². The predicted octanol–water partition coefficient (Wildman–Crippen LogP) is 1.85. The number of sulfonamides is 1. The second kappa shape index (κ2) is 11.2. The zero-order chi connectivity index (χ0) is 23.1. The average molecular weight is 473 g/mol. The predicted molar refractivity (Wildman–Crippen MR) is 127 cm³/mol. The van der Waals surface area contributed by atoms with Gasteiger partial charge in [0.05, 0.1) is 24.7 Å². The van der Waals surface area contributed by atoms with Crippen LogP contribution in [0.3, 0.4) is 0 Å². The highest BCUT2D eigenvalue weighted by Crippen LogP contribution is 2.19. The summed E-state index contributed by atoms with van der Waals surface area (Å²) in [5, 5.41) is 2.90. The standard InChI is InChI=1S/C24H32N4O4S/c29-24(20-27-12-4-11-26(13-14-27)19-21-5-2-1-3-6-21)25-22-7-9-23(10-8-22)33(30,31)28-15-17-32-18-16-28/h1-3,5-10H,4,11-20H2,(H,25,29). The van der Waals surface area contributed by atoms with E-state index in [9.17, 15) is 13.2 Å². The maximum Gasteiger partial charge on any atom is 0.243 e. The normalized spacial score (nSPS) is 19.2. The van der Waals surface area contributed by atoms with Crippen LogP contribution in [0.25, 0.3) is 0 Å². The summed E-state index contributed by atoms with van der Waals surface area (Å²) in [5.74, 6) is -0.0877. The van der Waals surface area contributed by atoms with Crippen LogP contribution in [-0.2, 0) is 26.1 Å². The van der Waals surface area contributed by atoms with Crippen LogP contribution in [-0.4, -0.2) is 87.5 Å². The number of nitrogens with one attached hydrogen (secondary N) is 1. The minimum Gasteiger partial charge on any atom is -0.379 e. The molecule has 178 valence electrons. The first-order chi connectivity index (χ1) is 16.0. The molecule has 0 spiro atoms. The van der Waals surface area contributed by atoms with Gasteiger partial charge in [0, 0.05) is 38.4 Å². The Kier molecular flexibility index (Phi) is 8.11. The summed E-state index contributed by atoms with van der Waals surface area (Å²) in [7, 11) is -3.53. The fourth-order valence-corrected chi connectivity index (χ4v) is 5.64. The minimum absolute atomic E-state index is 0.0877. The number of hydrogen-bond donors (Lipinski definition) is 1. The number of carbonyl (C=O) groups excluding carboxylic acids is 1. The van der Waals surface area contributed by atoms with Gasteiger partial charge in [-0.2, -0.15) is 4.31 Å². The van der Waals surface area contributed by atoms with Gasteiger partial charge in [-0.3, -0.25) is 14.6 Å². The molecule has 2 aromatic rings. The maximum absolute atomic E-state index is 12.7. The van der Waals surface area contributed by atoms with E-state index in [0.29, 0.717) is 38.5 Å². The molecule has 0 atom stereocenters. The van der Waals surface area contributed by atoms with Crippen LogP contribution in [0.4, 0.5) is 5.69 Å². The number of morpholine rings is 1. The Balaban J connectivity index is 1.26. The van der Waals surface area contributed by atoms with Gasteiger partial charge in [0.2, 0.25) is 15.9 Å². The summed E-state index contributed by atoms with van der Waals surface area (Å²) >= 11 is 0. The molecule has 0 aromatic heterocycles. The van der Waals surface area contributed by atoms with E-state index in [1.807, 2.05) is 6.07 Å². The summed E-state index contributed by atoms with van der Waals surface area (Å²) in [4.78, 5) is 17.4. The van der Waals surface area contributed by atoms with Gasteiger partial charge in [-0.1, -0.05) is 30.3 Å². The van der Waals surface area contributed by atoms with Crippen LogP contribution < -0.4 is 5.32 Å². The average Bonchev–Trinajstić information content (AvgIpc) is 3.05. The van der Waals surface area contributed by atoms with Crippen molar-refractivity contribution in [1.82, 2.24) is 14.1 Å². The van der Waals surface area contributed by atoms with E-state index in [2.05, 4.69) is 39.4 Å². The fourth-order valence-electron chi connectivity index (χ4n) is 4.23. The van der Waals surface area contributed by atoms with Crippen molar-refractivity contribution in [3.8, 4) is 0 Å². The summed E-state index contributed by atoms with van der Waals surface area (Å²) < 4.78 is 32.1. The Morgan fingerprint density at radius 3 is 2.24 bits per heavy atom. The topological polar surface area (TPSA) is 82.2 Å². The van der Waals surface area contributed by atoms with Crippen molar-refractivity contribution in [2.24, 2.45) is 0 Å². The molecule has 0 bridgehead atoms. The van der Waals surface area contributed by atoms with E-state index in [1.54, 1.807) is 24.3 Å². The van der Waals surface area contributed by atoms with E-state index in [4.69, 9.17) is 4.74 Å². The first kappa shape index (κ1) is 23.8. The molecule has 2 saturated heterocycles. The van der Waals surface area contributed by atoms with Crippen LogP contribution >= 0.6 is 0 Å². The smallest absolute Gasteiger partial charge is 0.243 e. The van der Waals surface area contributed by atoms with Crippen LogP contribution in [0.1, 0.15) is 12.0 Å². The molecular formula is C24H32N4O4S. The molecule has 2 aliphatic heterocycles. The lowest BCUT2D eigenvalue weighted by molar-refractivity contribution is -0.117. The lowest BCUT2D eigenvalue weighted by atomic mass is 10.2. The summed E-state index contributed by atoms with van der Waals surface area (Å²) in [6.07, 6.45) is 1.02. The molecule has 2 heterocycles. The van der Waals surface area contributed by atoms with E-state index < -0.39 is 10.0 Å². The number of nitrogens with zero attached hydrogens (tertiary/aromatic N) is 3. The number of amides is 1. The highest BCUT2D eigenvalue weighted by atomic mass is 32.2. The Labute approximate surface area is 196 Å². The van der Waals surface area contributed by atoms with Gasteiger partial charge in [-0.15, -0.1) is 0 Å². The van der Waals surface area contributed by atoms with Gasteiger partial charge in [0.25, 0.3) is 0 Å². The van der Waals surface area contributed by atoms with Crippen molar-refractivity contribution >= 4 is 21.6 Å². The Hall–Kier alpha value is -2.30. The SMILES string of the molecule is O=C(CN1CCCN(Cc2ccccc2)CC1)Nc1ccc(S(=O)(=O)N2CCOCC2)cc1. The number of hydrogen-bond acceptors (Lipinski definition) is 6. The lowest BCUT2D eigenvalue weighted by Gasteiger charge is -2.26. The van der Waals surface area contributed by atoms with Crippen LogP contribution in [0.2, 0.25) is 0 Å². The Bertz CT molecular complexity index is 1010. The van der Waals surface area contributed by atoms with Gasteiger partial charge in [-0.25, -0.2) is 8.42 Å². The van der Waals surface area contributed by atoms with Crippen molar-refractivity contribution in [3.05, 3.63) is 60.2 Å². The van der Waals surface area contributed by atoms with Gasteiger partial charge in [0.15, 0.2) is 0 Å². The zero-order valence-electron chi connectivity index (χ0n) is 18.9. The molecule has 2 aromatic carbocycles. The molecule has 4 rings (SSSR count). The Morgan fingerprint density at radius 1 is 0.848 bits per heavy atom. The number of anilines is 1. The monoisotopic (exact) mass is 472 g/mol. The quantitative estimate of drug-likeness (QED) is 0.663. The summed E-state index contributed by atoms with van der Waals surface area (Å²) in [6.45, 7) is 6.48. The fraction of sp³-hybridized carbons (Fsp3) is 0.458. The van der Waals surface area contributed by atoms with Gasteiger partial charge in [-0.05, 0) is 49.3 Å². The third kappa shape index (κ3) is 6.61. The third-order valence-electron chi connectivity index (χ3n) is 6.04. The van der Waals surface area contributed by atoms with Crippen molar-refractivity contribution in [2.45, 2.75) is 17.9 Å². The van der Waals surface area contributed by atoms with Gasteiger partial charge in [0.1, 0.15) is 0 Å². The van der Waals surface area contributed by atoms with Crippen molar-refractivity contribution in [2.75, 3.05) is 64.3 Å².